The molecule has 70 valence electrons. The minimum absolute atomic E-state index is 0.0180. The van der Waals surface area contributed by atoms with Gasteiger partial charge in [0.2, 0.25) is 5.91 Å². The van der Waals surface area contributed by atoms with Gasteiger partial charge in [-0.15, -0.1) is 0 Å². The summed E-state index contributed by atoms with van der Waals surface area (Å²) in [5, 5.41) is 10.2. The molecule has 0 aromatic rings. The highest BCUT2D eigenvalue weighted by atomic mass is 16.2. The fourth-order valence-corrected chi connectivity index (χ4v) is 1.85. The van der Waals surface area contributed by atoms with E-state index in [-0.39, 0.29) is 17.8 Å². The summed E-state index contributed by atoms with van der Waals surface area (Å²) in [6.07, 6.45) is 0.426. The smallest absolute Gasteiger partial charge is 0.318 e. The summed E-state index contributed by atoms with van der Waals surface area (Å²) in [5.74, 6) is -0.625. The molecule has 2 heterocycles. The van der Waals surface area contributed by atoms with Gasteiger partial charge < -0.3 is 21.4 Å². The molecule has 0 spiro atoms. The third-order valence-electron chi connectivity index (χ3n) is 2.38. The van der Waals surface area contributed by atoms with Crippen LogP contribution in [0, 0.1) is 5.41 Å². The van der Waals surface area contributed by atoms with E-state index in [4.69, 9.17) is 11.1 Å². The molecule has 2 saturated heterocycles. The topological polar surface area (TPSA) is 99.3 Å². The summed E-state index contributed by atoms with van der Waals surface area (Å²) in [6, 6.07) is -1.15. The molecule has 2 aliphatic rings. The van der Waals surface area contributed by atoms with Crippen molar-refractivity contribution in [1.29, 1.82) is 5.41 Å². The van der Waals surface area contributed by atoms with Crippen LogP contribution in [0.1, 0.15) is 6.42 Å². The molecule has 0 aromatic heterocycles. The van der Waals surface area contributed by atoms with Crippen LogP contribution in [-0.2, 0) is 4.79 Å². The molecule has 0 radical (unpaired) electrons. The zero-order chi connectivity index (χ0) is 9.59. The Morgan fingerprint density at radius 2 is 2.38 bits per heavy atom. The Bertz CT molecular complexity index is 301. The predicted molar refractivity (Wildman–Crippen MR) is 44.4 cm³/mol. The number of hydrogen-bond donors (Lipinski definition) is 3. The number of hydrogen-bond acceptors (Lipinski definition) is 3. The van der Waals surface area contributed by atoms with E-state index in [9.17, 15) is 9.59 Å². The molecular formula is C7H10N4O2. The average Bonchev–Trinajstić information content (AvgIpc) is 2.27. The number of primary amides is 1. The molecule has 0 aromatic carbocycles. The second-order valence-corrected chi connectivity index (χ2v) is 3.33. The quantitative estimate of drug-likeness (QED) is 0.467. The van der Waals surface area contributed by atoms with Crippen molar-refractivity contribution in [2.45, 2.75) is 18.5 Å². The van der Waals surface area contributed by atoms with Crippen LogP contribution in [0.2, 0.25) is 0 Å². The average molecular weight is 182 g/mol. The SMILES string of the molecule is N=C1CC2CN(C(=O)N2)C1C(N)=O. The van der Waals surface area contributed by atoms with E-state index in [2.05, 4.69) is 5.32 Å². The van der Waals surface area contributed by atoms with Gasteiger partial charge in [0.15, 0.2) is 0 Å². The molecule has 2 aliphatic heterocycles. The monoisotopic (exact) mass is 182 g/mol. The van der Waals surface area contributed by atoms with Crippen LogP contribution in [0.25, 0.3) is 0 Å². The number of fused-ring (bicyclic) bond motifs is 2. The van der Waals surface area contributed by atoms with Crippen LogP contribution in [0.3, 0.4) is 0 Å². The molecule has 0 aliphatic carbocycles. The van der Waals surface area contributed by atoms with Crippen molar-refractivity contribution in [1.82, 2.24) is 10.2 Å². The van der Waals surface area contributed by atoms with Gasteiger partial charge >= 0.3 is 6.03 Å². The van der Waals surface area contributed by atoms with Crippen LogP contribution in [0.5, 0.6) is 0 Å². The molecule has 2 fully saturated rings. The lowest BCUT2D eigenvalue weighted by Crippen LogP contribution is -2.53. The Kier molecular flexibility index (Phi) is 1.51. The molecule has 0 saturated carbocycles. The van der Waals surface area contributed by atoms with Crippen molar-refractivity contribution in [2.24, 2.45) is 5.73 Å². The maximum absolute atomic E-state index is 11.2. The van der Waals surface area contributed by atoms with Crippen LogP contribution in [0.15, 0.2) is 0 Å². The largest absolute Gasteiger partial charge is 0.368 e. The lowest BCUT2D eigenvalue weighted by Gasteiger charge is -2.28. The number of carbonyl (C=O) groups is 2. The van der Waals surface area contributed by atoms with Crippen LogP contribution in [-0.4, -0.2) is 41.2 Å². The van der Waals surface area contributed by atoms with E-state index in [0.717, 1.165) is 0 Å². The van der Waals surface area contributed by atoms with Crippen molar-refractivity contribution in [3.05, 3.63) is 0 Å². The standard InChI is InChI=1S/C7H10N4O2/c8-4-1-3-2-11(7(13)10-3)5(4)6(9)12/h3,5,8H,1-2H2,(H2,9,12)(H,10,13). The highest BCUT2D eigenvalue weighted by molar-refractivity contribution is 6.10. The van der Waals surface area contributed by atoms with Gasteiger partial charge in [0.05, 0.1) is 6.04 Å². The van der Waals surface area contributed by atoms with E-state index < -0.39 is 11.9 Å². The Morgan fingerprint density at radius 3 is 3.00 bits per heavy atom. The Morgan fingerprint density at radius 1 is 1.69 bits per heavy atom. The molecule has 6 nitrogen and oxygen atoms in total. The second-order valence-electron chi connectivity index (χ2n) is 3.33. The van der Waals surface area contributed by atoms with Crippen molar-refractivity contribution in [2.75, 3.05) is 6.54 Å². The number of carbonyl (C=O) groups excluding carboxylic acids is 2. The molecule has 2 atom stereocenters. The maximum atomic E-state index is 11.2. The van der Waals surface area contributed by atoms with Gasteiger partial charge in [-0.25, -0.2) is 4.79 Å². The van der Waals surface area contributed by atoms with E-state index in [1.165, 1.54) is 4.90 Å². The first-order chi connectivity index (χ1) is 6.09. The van der Waals surface area contributed by atoms with Crippen molar-refractivity contribution >= 4 is 17.6 Å². The summed E-state index contributed by atoms with van der Waals surface area (Å²) in [4.78, 5) is 23.5. The number of piperidine rings is 1. The van der Waals surface area contributed by atoms with Crippen molar-refractivity contribution in [3.63, 3.8) is 0 Å². The number of amides is 3. The lowest BCUT2D eigenvalue weighted by atomic mass is 9.98. The first-order valence-corrected chi connectivity index (χ1v) is 4.03. The zero-order valence-corrected chi connectivity index (χ0v) is 6.91. The molecule has 2 bridgehead atoms. The molecule has 4 N–H and O–H groups in total. The normalized spacial score (nSPS) is 31.8. The van der Waals surface area contributed by atoms with E-state index >= 15 is 0 Å². The summed E-state index contributed by atoms with van der Waals surface area (Å²) in [7, 11) is 0. The fraction of sp³-hybridized carbons (Fsp3) is 0.571. The van der Waals surface area contributed by atoms with Gasteiger partial charge in [-0.1, -0.05) is 0 Å². The third kappa shape index (κ3) is 1.06. The molecule has 2 unspecified atom stereocenters. The third-order valence-corrected chi connectivity index (χ3v) is 2.38. The lowest BCUT2D eigenvalue weighted by molar-refractivity contribution is -0.120. The molecule has 2 rings (SSSR count). The van der Waals surface area contributed by atoms with Gasteiger partial charge in [-0.3, -0.25) is 4.79 Å². The van der Waals surface area contributed by atoms with E-state index in [0.29, 0.717) is 13.0 Å². The van der Waals surface area contributed by atoms with E-state index in [1.807, 2.05) is 0 Å². The molecular weight excluding hydrogens is 172 g/mol. The van der Waals surface area contributed by atoms with Crippen LogP contribution in [0.4, 0.5) is 4.79 Å². The highest BCUT2D eigenvalue weighted by Crippen LogP contribution is 2.19. The van der Waals surface area contributed by atoms with Gasteiger partial charge in [0.25, 0.3) is 0 Å². The van der Waals surface area contributed by atoms with Gasteiger partial charge in [-0.2, -0.15) is 0 Å². The van der Waals surface area contributed by atoms with E-state index in [1.54, 1.807) is 0 Å². The Labute approximate surface area is 74.6 Å². The van der Waals surface area contributed by atoms with Gasteiger partial charge in [0, 0.05) is 18.7 Å². The molecule has 6 heteroatoms. The second kappa shape index (κ2) is 2.45. The number of rotatable bonds is 1. The highest BCUT2D eigenvalue weighted by Gasteiger charge is 2.44. The Balaban J connectivity index is 2.30. The number of nitrogens with one attached hydrogen (secondary N) is 2. The minimum atomic E-state index is -0.834. The first-order valence-electron chi connectivity index (χ1n) is 4.03. The fourth-order valence-electron chi connectivity index (χ4n) is 1.85. The summed E-state index contributed by atoms with van der Waals surface area (Å²) in [6.45, 7) is 0.481. The van der Waals surface area contributed by atoms with Gasteiger partial charge in [-0.05, 0) is 0 Å². The number of urea groups is 1. The first kappa shape index (κ1) is 8.03. The number of nitrogens with two attached hydrogens (primary N) is 1. The van der Waals surface area contributed by atoms with Crippen molar-refractivity contribution < 1.29 is 9.59 Å². The van der Waals surface area contributed by atoms with Crippen LogP contribution < -0.4 is 11.1 Å². The number of nitrogens with zero attached hydrogens (tertiary/aromatic N) is 1. The zero-order valence-electron chi connectivity index (χ0n) is 6.91. The summed E-state index contributed by atoms with van der Waals surface area (Å²) < 4.78 is 0. The minimum Gasteiger partial charge on any atom is -0.368 e. The Hall–Kier alpha value is -1.59. The van der Waals surface area contributed by atoms with Gasteiger partial charge in [0.1, 0.15) is 6.04 Å². The van der Waals surface area contributed by atoms with Crippen molar-refractivity contribution in [3.8, 4) is 0 Å². The molecule has 3 amide bonds. The summed E-state index contributed by atoms with van der Waals surface area (Å²) >= 11 is 0. The predicted octanol–water partition coefficient (Wildman–Crippen LogP) is -1.34. The summed E-state index contributed by atoms with van der Waals surface area (Å²) in [5.41, 5.74) is 5.33. The van der Waals surface area contributed by atoms with Crippen LogP contribution >= 0.6 is 0 Å². The molecule has 13 heavy (non-hydrogen) atoms. The maximum Gasteiger partial charge on any atom is 0.318 e.